The van der Waals surface area contributed by atoms with Crippen molar-refractivity contribution in [3.8, 4) is 11.5 Å². The minimum absolute atomic E-state index is 0.252. The van der Waals surface area contributed by atoms with E-state index in [0.29, 0.717) is 28.6 Å². The molecule has 2 aliphatic rings. The largest absolute Gasteiger partial charge is 0.492 e. The van der Waals surface area contributed by atoms with Gasteiger partial charge in [0.15, 0.2) is 0 Å². The lowest BCUT2D eigenvalue weighted by atomic mass is 9.96. The normalized spacial score (nSPS) is 22.3. The predicted molar refractivity (Wildman–Crippen MR) is 134 cm³/mol. The van der Waals surface area contributed by atoms with Gasteiger partial charge >= 0.3 is 0 Å². The van der Waals surface area contributed by atoms with E-state index in [1.165, 1.54) is 31.5 Å². The van der Waals surface area contributed by atoms with E-state index in [2.05, 4.69) is 34.1 Å². The van der Waals surface area contributed by atoms with E-state index in [-0.39, 0.29) is 6.61 Å². The number of aliphatic hydroxyl groups is 1. The second kappa shape index (κ2) is 11.8. The van der Waals surface area contributed by atoms with Gasteiger partial charge in [0, 0.05) is 25.7 Å². The highest BCUT2D eigenvalue weighted by Crippen LogP contribution is 2.29. The average molecular weight is 493 g/mol. The van der Waals surface area contributed by atoms with Crippen molar-refractivity contribution in [2.24, 2.45) is 0 Å². The molecule has 2 heterocycles. The molecule has 7 heteroatoms. The van der Waals surface area contributed by atoms with Crippen LogP contribution in [0.25, 0.3) is 0 Å². The van der Waals surface area contributed by atoms with Gasteiger partial charge in [-0.05, 0) is 81.6 Å². The van der Waals surface area contributed by atoms with Crippen LogP contribution < -0.4 is 9.47 Å². The Labute approximate surface area is 207 Å². The third-order valence-electron chi connectivity index (χ3n) is 6.61. The van der Waals surface area contributed by atoms with E-state index in [9.17, 15) is 5.11 Å². The molecule has 5 nitrogen and oxygen atoms in total. The van der Waals surface area contributed by atoms with Crippen molar-refractivity contribution in [2.75, 3.05) is 45.9 Å². The molecule has 2 saturated heterocycles. The number of ether oxygens (including phenoxy) is 2. The maximum absolute atomic E-state index is 11.1. The number of halogens is 2. The SMILES string of the molecule is OC1(COc2ccc(Cl)c(Cl)c2)CCCN(Cc2ccc(OCCN3CCCC3)cc2)CC1. The average Bonchev–Trinajstić information content (AvgIpc) is 3.26. The van der Waals surface area contributed by atoms with Crippen molar-refractivity contribution in [3.63, 3.8) is 0 Å². The fraction of sp³-hybridized carbons (Fsp3) is 0.538. The summed E-state index contributed by atoms with van der Waals surface area (Å²) in [5.41, 5.74) is 0.424. The number of rotatable bonds is 9. The van der Waals surface area contributed by atoms with Gasteiger partial charge in [0.25, 0.3) is 0 Å². The van der Waals surface area contributed by atoms with Gasteiger partial charge in [-0.15, -0.1) is 0 Å². The zero-order valence-corrected chi connectivity index (χ0v) is 20.7. The Hall–Kier alpha value is -1.50. The van der Waals surface area contributed by atoms with E-state index in [1.54, 1.807) is 18.2 Å². The highest BCUT2D eigenvalue weighted by Gasteiger charge is 2.31. The van der Waals surface area contributed by atoms with Crippen molar-refractivity contribution in [2.45, 2.75) is 44.2 Å². The van der Waals surface area contributed by atoms with Crippen LogP contribution >= 0.6 is 23.2 Å². The van der Waals surface area contributed by atoms with Crippen LogP contribution in [0.4, 0.5) is 0 Å². The molecule has 4 rings (SSSR count). The van der Waals surface area contributed by atoms with Gasteiger partial charge in [-0.2, -0.15) is 0 Å². The molecule has 0 spiro atoms. The third-order valence-corrected chi connectivity index (χ3v) is 7.35. The summed E-state index contributed by atoms with van der Waals surface area (Å²) < 4.78 is 11.8. The van der Waals surface area contributed by atoms with Crippen molar-refractivity contribution < 1.29 is 14.6 Å². The van der Waals surface area contributed by atoms with Crippen LogP contribution in [0.2, 0.25) is 10.0 Å². The summed E-state index contributed by atoms with van der Waals surface area (Å²) in [5, 5.41) is 12.0. The van der Waals surface area contributed by atoms with E-state index in [4.69, 9.17) is 32.7 Å². The molecular formula is C26H34Cl2N2O3. The Bertz CT molecular complexity index is 890. The minimum atomic E-state index is -0.839. The molecule has 0 radical (unpaired) electrons. The number of nitrogens with zero attached hydrogens (tertiary/aromatic N) is 2. The van der Waals surface area contributed by atoms with Crippen molar-refractivity contribution in [1.29, 1.82) is 0 Å². The minimum Gasteiger partial charge on any atom is -0.492 e. The maximum Gasteiger partial charge on any atom is 0.121 e. The molecule has 1 atom stereocenters. The van der Waals surface area contributed by atoms with Crippen LogP contribution in [-0.4, -0.2) is 66.4 Å². The Balaban J connectivity index is 1.21. The Kier molecular flexibility index (Phi) is 8.78. The van der Waals surface area contributed by atoms with Crippen molar-refractivity contribution >= 4 is 23.2 Å². The lowest BCUT2D eigenvalue weighted by Gasteiger charge is -2.27. The molecule has 2 aliphatic heterocycles. The van der Waals surface area contributed by atoms with Crippen molar-refractivity contribution in [1.82, 2.24) is 9.80 Å². The summed E-state index contributed by atoms with van der Waals surface area (Å²) in [6, 6.07) is 13.6. The molecule has 2 fully saturated rings. The van der Waals surface area contributed by atoms with E-state index in [1.807, 2.05) is 0 Å². The molecule has 0 bridgehead atoms. The molecule has 0 aromatic heterocycles. The summed E-state index contributed by atoms with van der Waals surface area (Å²) in [4.78, 5) is 4.87. The molecule has 0 saturated carbocycles. The predicted octanol–water partition coefficient (Wildman–Crippen LogP) is 5.26. The van der Waals surface area contributed by atoms with Crippen LogP contribution in [0, 0.1) is 0 Å². The van der Waals surface area contributed by atoms with Gasteiger partial charge in [0.1, 0.15) is 24.7 Å². The van der Waals surface area contributed by atoms with Gasteiger partial charge in [-0.1, -0.05) is 35.3 Å². The first kappa shape index (κ1) is 24.6. The zero-order valence-electron chi connectivity index (χ0n) is 19.1. The van der Waals surface area contributed by atoms with Crippen LogP contribution in [0.1, 0.15) is 37.7 Å². The Morgan fingerprint density at radius 3 is 2.27 bits per heavy atom. The summed E-state index contributed by atoms with van der Waals surface area (Å²) in [6.45, 7) is 7.07. The second-order valence-corrected chi connectivity index (χ2v) is 10.1. The first-order valence-electron chi connectivity index (χ1n) is 12.0. The Morgan fingerprint density at radius 1 is 0.788 bits per heavy atom. The molecule has 0 aliphatic carbocycles. The van der Waals surface area contributed by atoms with Gasteiger partial charge in [0.05, 0.1) is 15.6 Å². The zero-order chi connectivity index (χ0) is 23.1. The highest BCUT2D eigenvalue weighted by molar-refractivity contribution is 6.42. The Morgan fingerprint density at radius 2 is 1.52 bits per heavy atom. The topological polar surface area (TPSA) is 45.2 Å². The van der Waals surface area contributed by atoms with E-state index >= 15 is 0 Å². The molecule has 0 amide bonds. The fourth-order valence-electron chi connectivity index (χ4n) is 4.57. The molecule has 2 aromatic rings. The fourth-order valence-corrected chi connectivity index (χ4v) is 4.86. The van der Waals surface area contributed by atoms with E-state index < -0.39 is 5.60 Å². The summed E-state index contributed by atoms with van der Waals surface area (Å²) in [7, 11) is 0. The van der Waals surface area contributed by atoms with E-state index in [0.717, 1.165) is 45.0 Å². The van der Waals surface area contributed by atoms with Gasteiger partial charge in [-0.3, -0.25) is 9.80 Å². The third kappa shape index (κ3) is 7.49. The molecule has 2 aromatic carbocycles. The first-order valence-corrected chi connectivity index (χ1v) is 12.7. The lowest BCUT2D eigenvalue weighted by Crippen LogP contribution is -2.37. The number of likely N-dealkylation sites (tertiary alicyclic amines) is 2. The highest BCUT2D eigenvalue weighted by atomic mass is 35.5. The quantitative estimate of drug-likeness (QED) is 0.516. The molecule has 1 N–H and O–H groups in total. The second-order valence-electron chi connectivity index (χ2n) is 9.26. The number of benzene rings is 2. The van der Waals surface area contributed by atoms with Gasteiger partial charge in [0.2, 0.25) is 0 Å². The smallest absolute Gasteiger partial charge is 0.121 e. The summed E-state index contributed by atoms with van der Waals surface area (Å²) in [5.74, 6) is 1.56. The summed E-state index contributed by atoms with van der Waals surface area (Å²) in [6.07, 6.45) is 4.94. The lowest BCUT2D eigenvalue weighted by molar-refractivity contribution is -0.0168. The van der Waals surface area contributed by atoms with Crippen LogP contribution in [0.3, 0.4) is 0 Å². The molecule has 33 heavy (non-hydrogen) atoms. The maximum atomic E-state index is 11.1. The van der Waals surface area contributed by atoms with Crippen LogP contribution in [-0.2, 0) is 6.54 Å². The standard InChI is InChI=1S/C26H34Cl2N2O3/c27-24-9-8-23(18-25(24)28)33-20-26(31)10-3-14-30(15-11-26)19-21-4-6-22(7-5-21)32-17-16-29-12-1-2-13-29/h4-9,18,31H,1-3,10-17,19-20H2. The number of hydrogen-bond acceptors (Lipinski definition) is 5. The monoisotopic (exact) mass is 492 g/mol. The summed E-state index contributed by atoms with van der Waals surface area (Å²) >= 11 is 12.0. The van der Waals surface area contributed by atoms with Crippen LogP contribution in [0.5, 0.6) is 11.5 Å². The van der Waals surface area contributed by atoms with Crippen molar-refractivity contribution in [3.05, 3.63) is 58.1 Å². The molecular weight excluding hydrogens is 459 g/mol. The molecule has 180 valence electrons. The van der Waals surface area contributed by atoms with Crippen LogP contribution in [0.15, 0.2) is 42.5 Å². The number of hydrogen-bond donors (Lipinski definition) is 1. The van der Waals surface area contributed by atoms with Gasteiger partial charge < -0.3 is 14.6 Å². The van der Waals surface area contributed by atoms with Gasteiger partial charge in [-0.25, -0.2) is 0 Å². The first-order chi connectivity index (χ1) is 16.0. The molecule has 1 unspecified atom stereocenters.